The van der Waals surface area contributed by atoms with Gasteiger partial charge < -0.3 is 5.11 Å². The van der Waals surface area contributed by atoms with Crippen LogP contribution in [0.1, 0.15) is 21.6 Å². The summed E-state index contributed by atoms with van der Waals surface area (Å²) in [6, 6.07) is 12.3. The molecule has 1 N–H and O–H groups in total. The summed E-state index contributed by atoms with van der Waals surface area (Å²) in [5, 5.41) is 11.0. The number of aryl methyl sites for hydroxylation is 1. The van der Waals surface area contributed by atoms with Crippen molar-refractivity contribution in [3.63, 3.8) is 0 Å². The van der Waals surface area contributed by atoms with E-state index in [4.69, 9.17) is 0 Å². The number of thiazole rings is 1. The molecular weight excluding hydrogens is 287 g/mol. The molecule has 0 radical (unpaired) electrons. The third-order valence-corrected chi connectivity index (χ3v) is 4.16. The van der Waals surface area contributed by atoms with Crippen LogP contribution < -0.4 is 0 Å². The number of hydrogen-bond donors (Lipinski definition) is 1. The highest BCUT2D eigenvalue weighted by atomic mass is 32.1. The first-order chi connectivity index (χ1) is 10.1. The van der Waals surface area contributed by atoms with E-state index < -0.39 is 6.10 Å². The molecule has 21 heavy (non-hydrogen) atoms. The molecule has 2 heterocycles. The number of aliphatic hydroxyl groups excluding tert-OH is 1. The average Bonchev–Trinajstić information content (AvgIpc) is 2.90. The van der Waals surface area contributed by atoms with Crippen molar-refractivity contribution in [2.45, 2.75) is 13.0 Å². The molecule has 0 saturated heterocycles. The second kappa shape index (κ2) is 5.71. The van der Waals surface area contributed by atoms with E-state index >= 15 is 0 Å². The first-order valence-electron chi connectivity index (χ1n) is 6.47. The highest BCUT2D eigenvalue weighted by Crippen LogP contribution is 2.32. The van der Waals surface area contributed by atoms with E-state index in [0.717, 1.165) is 10.4 Å². The minimum atomic E-state index is -0.760. The van der Waals surface area contributed by atoms with Gasteiger partial charge in [-0.2, -0.15) is 0 Å². The molecule has 1 aromatic carbocycles. The predicted octanol–water partition coefficient (Wildman–Crippen LogP) is 3.73. The number of hydrogen-bond acceptors (Lipinski definition) is 4. The van der Waals surface area contributed by atoms with Gasteiger partial charge >= 0.3 is 0 Å². The van der Waals surface area contributed by atoms with E-state index in [1.54, 1.807) is 6.07 Å². The molecule has 3 nitrogen and oxygen atoms in total. The highest BCUT2D eigenvalue weighted by molar-refractivity contribution is 7.12. The third kappa shape index (κ3) is 2.84. The summed E-state index contributed by atoms with van der Waals surface area (Å²) >= 11 is 1.42. The maximum Gasteiger partial charge on any atom is 0.141 e. The average molecular weight is 300 g/mol. The van der Waals surface area contributed by atoms with Crippen molar-refractivity contribution >= 4 is 11.3 Å². The van der Waals surface area contributed by atoms with E-state index in [-0.39, 0.29) is 5.82 Å². The zero-order chi connectivity index (χ0) is 14.8. The Bertz CT molecular complexity index is 741. The molecule has 3 aromatic rings. The lowest BCUT2D eigenvalue weighted by molar-refractivity contribution is 0.220. The lowest BCUT2D eigenvalue weighted by atomic mass is 10.1. The van der Waals surface area contributed by atoms with E-state index in [9.17, 15) is 9.50 Å². The third-order valence-electron chi connectivity index (χ3n) is 3.13. The summed E-state index contributed by atoms with van der Waals surface area (Å²) in [5.41, 5.74) is 2.09. The Morgan fingerprint density at radius 3 is 2.57 bits per heavy atom. The standard InChI is InChI=1S/C16H13FN2OS/c1-10-14(13-8-7-12(17)9-18-13)19-16(21-10)15(20)11-5-3-2-4-6-11/h2-9,15,20H,1H3. The van der Waals surface area contributed by atoms with Gasteiger partial charge in [0.25, 0.3) is 0 Å². The summed E-state index contributed by atoms with van der Waals surface area (Å²) < 4.78 is 12.9. The van der Waals surface area contributed by atoms with Crippen molar-refractivity contribution in [2.24, 2.45) is 0 Å². The second-order valence-corrected chi connectivity index (χ2v) is 5.87. The van der Waals surface area contributed by atoms with Gasteiger partial charge in [0, 0.05) is 4.88 Å². The summed E-state index contributed by atoms with van der Waals surface area (Å²) in [4.78, 5) is 9.46. The van der Waals surface area contributed by atoms with Crippen molar-refractivity contribution in [2.75, 3.05) is 0 Å². The van der Waals surface area contributed by atoms with Gasteiger partial charge in [-0.15, -0.1) is 11.3 Å². The van der Waals surface area contributed by atoms with Gasteiger partial charge in [-0.1, -0.05) is 30.3 Å². The molecule has 2 aromatic heterocycles. The second-order valence-electron chi connectivity index (χ2n) is 4.63. The lowest BCUT2D eigenvalue weighted by Gasteiger charge is -2.06. The van der Waals surface area contributed by atoms with Crippen LogP contribution in [-0.2, 0) is 0 Å². The normalized spacial score (nSPS) is 12.3. The number of pyridine rings is 1. The van der Waals surface area contributed by atoms with E-state index in [1.807, 2.05) is 37.3 Å². The van der Waals surface area contributed by atoms with Gasteiger partial charge in [0.1, 0.15) is 22.6 Å². The first-order valence-corrected chi connectivity index (χ1v) is 7.29. The van der Waals surface area contributed by atoms with Crippen molar-refractivity contribution < 1.29 is 9.50 Å². The van der Waals surface area contributed by atoms with Gasteiger partial charge in [0.15, 0.2) is 0 Å². The minimum Gasteiger partial charge on any atom is -0.381 e. The van der Waals surface area contributed by atoms with Crippen LogP contribution in [0, 0.1) is 12.7 Å². The molecule has 0 aliphatic heterocycles. The molecule has 106 valence electrons. The highest BCUT2D eigenvalue weighted by Gasteiger charge is 2.18. The van der Waals surface area contributed by atoms with Gasteiger partial charge in [-0.25, -0.2) is 9.37 Å². The Balaban J connectivity index is 1.96. The van der Waals surface area contributed by atoms with Gasteiger partial charge in [-0.05, 0) is 24.6 Å². The molecule has 0 saturated carbocycles. The molecule has 1 atom stereocenters. The Morgan fingerprint density at radius 2 is 1.90 bits per heavy atom. The monoisotopic (exact) mass is 300 g/mol. The fourth-order valence-electron chi connectivity index (χ4n) is 2.07. The maximum absolute atomic E-state index is 12.9. The zero-order valence-corrected chi connectivity index (χ0v) is 12.1. The SMILES string of the molecule is Cc1sc(C(O)c2ccccc2)nc1-c1ccc(F)cn1. The van der Waals surface area contributed by atoms with E-state index in [1.165, 1.54) is 23.6 Å². The van der Waals surface area contributed by atoms with Crippen LogP contribution in [0.15, 0.2) is 48.7 Å². The molecule has 3 rings (SSSR count). The Hall–Kier alpha value is -2.11. The predicted molar refractivity (Wildman–Crippen MR) is 80.5 cm³/mol. The Kier molecular flexibility index (Phi) is 3.77. The van der Waals surface area contributed by atoms with Crippen molar-refractivity contribution in [1.82, 2.24) is 9.97 Å². The number of rotatable bonds is 3. The molecule has 0 spiro atoms. The van der Waals surface area contributed by atoms with Crippen LogP contribution in [0.25, 0.3) is 11.4 Å². The van der Waals surface area contributed by atoms with E-state index in [2.05, 4.69) is 9.97 Å². The molecule has 1 unspecified atom stereocenters. The smallest absolute Gasteiger partial charge is 0.141 e. The number of halogens is 1. The topological polar surface area (TPSA) is 46.0 Å². The van der Waals surface area contributed by atoms with Crippen LogP contribution in [0.3, 0.4) is 0 Å². The number of aliphatic hydroxyl groups is 1. The van der Waals surface area contributed by atoms with Crippen LogP contribution >= 0.6 is 11.3 Å². The van der Waals surface area contributed by atoms with Gasteiger partial charge in [-0.3, -0.25) is 4.98 Å². The fourth-order valence-corrected chi connectivity index (χ4v) is 3.01. The minimum absolute atomic E-state index is 0.379. The van der Waals surface area contributed by atoms with Gasteiger partial charge in [0.05, 0.1) is 11.9 Å². The molecule has 0 aliphatic rings. The first kappa shape index (κ1) is 13.9. The van der Waals surface area contributed by atoms with Gasteiger partial charge in [0.2, 0.25) is 0 Å². The van der Waals surface area contributed by atoms with Crippen molar-refractivity contribution in [3.05, 3.63) is 69.9 Å². The molecule has 5 heteroatoms. The number of aromatic nitrogens is 2. The van der Waals surface area contributed by atoms with Crippen LogP contribution in [0.5, 0.6) is 0 Å². The fraction of sp³-hybridized carbons (Fsp3) is 0.125. The summed E-state index contributed by atoms with van der Waals surface area (Å²) in [6.45, 7) is 1.92. The summed E-state index contributed by atoms with van der Waals surface area (Å²) in [7, 11) is 0. The Morgan fingerprint density at radius 1 is 1.14 bits per heavy atom. The van der Waals surface area contributed by atoms with Crippen LogP contribution in [0.4, 0.5) is 4.39 Å². The van der Waals surface area contributed by atoms with Crippen molar-refractivity contribution in [1.29, 1.82) is 0 Å². The molecule has 0 aliphatic carbocycles. The van der Waals surface area contributed by atoms with Crippen LogP contribution in [0.2, 0.25) is 0 Å². The van der Waals surface area contributed by atoms with Crippen LogP contribution in [-0.4, -0.2) is 15.1 Å². The summed E-state index contributed by atoms with van der Waals surface area (Å²) in [5.74, 6) is -0.379. The summed E-state index contributed by atoms with van der Waals surface area (Å²) in [6.07, 6.45) is 0.408. The molecule has 0 fully saturated rings. The molecule has 0 amide bonds. The lowest BCUT2D eigenvalue weighted by Crippen LogP contribution is -1.98. The largest absolute Gasteiger partial charge is 0.381 e. The molecule has 0 bridgehead atoms. The maximum atomic E-state index is 12.9. The number of nitrogens with zero attached hydrogens (tertiary/aromatic N) is 2. The Labute approximate surface area is 125 Å². The molecular formula is C16H13FN2OS. The quantitative estimate of drug-likeness (QED) is 0.801. The zero-order valence-electron chi connectivity index (χ0n) is 11.3. The number of benzene rings is 1. The van der Waals surface area contributed by atoms with E-state index in [0.29, 0.717) is 16.4 Å². The van der Waals surface area contributed by atoms with Crippen molar-refractivity contribution in [3.8, 4) is 11.4 Å².